The van der Waals surface area contributed by atoms with Crippen LogP contribution in [0.4, 0.5) is 0 Å². The van der Waals surface area contributed by atoms with Crippen LogP contribution in [0.15, 0.2) is 91.1 Å². The standard InChI is InChI=1S/C34H37N5O/c1-25(33-21-36-26(2)39(33)22-28-17-15-27(20-35)16-18-28)37-34(40)31-14-9-19-38(23-31)24-32(29-10-5-3-6-11-29)30-12-7-4-8-13-30/h3-8,10-13,15-18,21,25,31-32H,9,14,19,22-24H2,1-2H3,(H,37,40)/t25-,31?/m0/s1. The van der Waals surface area contributed by atoms with Crippen LogP contribution in [-0.4, -0.2) is 40.0 Å². The van der Waals surface area contributed by atoms with E-state index in [9.17, 15) is 4.79 Å². The fraction of sp³-hybridized carbons (Fsp3) is 0.324. The van der Waals surface area contributed by atoms with Crippen LogP contribution in [0.25, 0.3) is 0 Å². The van der Waals surface area contributed by atoms with Crippen LogP contribution in [0, 0.1) is 24.2 Å². The number of hydrogen-bond donors (Lipinski definition) is 1. The first-order valence-corrected chi connectivity index (χ1v) is 14.2. The zero-order valence-electron chi connectivity index (χ0n) is 23.3. The van der Waals surface area contributed by atoms with E-state index in [1.54, 1.807) is 0 Å². The Morgan fingerprint density at radius 2 is 1.68 bits per heavy atom. The molecule has 1 aliphatic rings. The summed E-state index contributed by atoms with van der Waals surface area (Å²) < 4.78 is 2.14. The second kappa shape index (κ2) is 12.8. The van der Waals surface area contributed by atoms with Crippen LogP contribution in [0.3, 0.4) is 0 Å². The van der Waals surface area contributed by atoms with Crippen molar-refractivity contribution < 1.29 is 4.79 Å². The number of hydrogen-bond acceptors (Lipinski definition) is 4. The van der Waals surface area contributed by atoms with Crippen molar-refractivity contribution in [2.75, 3.05) is 19.6 Å². The summed E-state index contributed by atoms with van der Waals surface area (Å²) in [6, 6.07) is 31.0. The number of imidazole rings is 1. The van der Waals surface area contributed by atoms with Gasteiger partial charge < -0.3 is 14.8 Å². The van der Waals surface area contributed by atoms with Crippen molar-refractivity contribution in [3.05, 3.63) is 125 Å². The van der Waals surface area contributed by atoms with Gasteiger partial charge in [-0.25, -0.2) is 4.98 Å². The fourth-order valence-corrected chi connectivity index (χ4v) is 5.78. The predicted octanol–water partition coefficient (Wildman–Crippen LogP) is 5.83. The summed E-state index contributed by atoms with van der Waals surface area (Å²) in [6.45, 7) is 7.32. The summed E-state index contributed by atoms with van der Waals surface area (Å²) in [5.41, 5.74) is 5.33. The molecule has 0 saturated carbocycles. The largest absolute Gasteiger partial charge is 0.348 e. The quantitative estimate of drug-likeness (QED) is 0.295. The maximum absolute atomic E-state index is 13.5. The average molecular weight is 532 g/mol. The zero-order valence-corrected chi connectivity index (χ0v) is 23.3. The number of nitrogens with one attached hydrogen (secondary N) is 1. The molecule has 1 aromatic heterocycles. The Bertz CT molecular complexity index is 1400. The highest BCUT2D eigenvalue weighted by molar-refractivity contribution is 5.79. The highest BCUT2D eigenvalue weighted by Gasteiger charge is 2.29. The van der Waals surface area contributed by atoms with E-state index in [1.807, 2.05) is 44.3 Å². The van der Waals surface area contributed by atoms with Crippen LogP contribution >= 0.6 is 0 Å². The number of carbonyl (C=O) groups excluding carboxylic acids is 1. The maximum Gasteiger partial charge on any atom is 0.224 e. The van der Waals surface area contributed by atoms with Crippen molar-refractivity contribution >= 4 is 5.91 Å². The minimum absolute atomic E-state index is 0.0422. The maximum atomic E-state index is 13.5. The van der Waals surface area contributed by atoms with E-state index in [2.05, 4.69) is 86.5 Å². The molecule has 0 bridgehead atoms. The van der Waals surface area contributed by atoms with E-state index >= 15 is 0 Å². The topological polar surface area (TPSA) is 74.0 Å². The molecule has 1 aliphatic heterocycles. The van der Waals surface area contributed by atoms with Gasteiger partial charge in [0, 0.05) is 25.6 Å². The summed E-state index contributed by atoms with van der Waals surface area (Å²) in [6.07, 6.45) is 3.78. The molecule has 0 aliphatic carbocycles. The first-order valence-electron chi connectivity index (χ1n) is 14.2. The summed E-state index contributed by atoms with van der Waals surface area (Å²) in [7, 11) is 0. The van der Waals surface area contributed by atoms with Gasteiger partial charge in [0.2, 0.25) is 5.91 Å². The fourth-order valence-electron chi connectivity index (χ4n) is 5.78. The smallest absolute Gasteiger partial charge is 0.224 e. The van der Waals surface area contributed by atoms with E-state index in [4.69, 9.17) is 5.26 Å². The lowest BCUT2D eigenvalue weighted by Crippen LogP contribution is -2.45. The Morgan fingerprint density at radius 1 is 1.02 bits per heavy atom. The van der Waals surface area contributed by atoms with Gasteiger partial charge in [-0.05, 0) is 62.1 Å². The molecule has 40 heavy (non-hydrogen) atoms. The lowest BCUT2D eigenvalue weighted by molar-refractivity contribution is -0.127. The van der Waals surface area contributed by atoms with Crippen LogP contribution in [0.5, 0.6) is 0 Å². The number of amides is 1. The third-order valence-corrected chi connectivity index (χ3v) is 8.03. The van der Waals surface area contributed by atoms with Gasteiger partial charge in [-0.1, -0.05) is 72.8 Å². The Morgan fingerprint density at radius 3 is 2.30 bits per heavy atom. The lowest BCUT2D eigenvalue weighted by Gasteiger charge is -2.35. The number of rotatable bonds is 9. The van der Waals surface area contributed by atoms with Crippen molar-refractivity contribution in [3.8, 4) is 6.07 Å². The second-order valence-corrected chi connectivity index (χ2v) is 10.8. The molecule has 3 aromatic carbocycles. The first-order chi connectivity index (χ1) is 19.5. The lowest BCUT2D eigenvalue weighted by atomic mass is 9.89. The van der Waals surface area contributed by atoms with Gasteiger partial charge in [-0.2, -0.15) is 5.26 Å². The molecule has 6 nitrogen and oxygen atoms in total. The molecule has 204 valence electrons. The molecule has 1 unspecified atom stereocenters. The Kier molecular flexibility index (Phi) is 8.73. The van der Waals surface area contributed by atoms with Crippen molar-refractivity contribution in [3.63, 3.8) is 0 Å². The van der Waals surface area contributed by atoms with Crippen LogP contribution in [-0.2, 0) is 11.3 Å². The third kappa shape index (κ3) is 6.50. The first kappa shape index (κ1) is 27.4. The summed E-state index contributed by atoms with van der Waals surface area (Å²) in [5, 5.41) is 12.4. The molecule has 2 heterocycles. The summed E-state index contributed by atoms with van der Waals surface area (Å²) >= 11 is 0. The van der Waals surface area contributed by atoms with Crippen molar-refractivity contribution in [1.82, 2.24) is 19.8 Å². The number of aryl methyl sites for hydroxylation is 1. The highest BCUT2D eigenvalue weighted by atomic mass is 16.2. The van der Waals surface area contributed by atoms with Gasteiger partial charge in [0.15, 0.2) is 0 Å². The van der Waals surface area contributed by atoms with E-state index < -0.39 is 0 Å². The van der Waals surface area contributed by atoms with Gasteiger partial charge in [0.25, 0.3) is 0 Å². The highest BCUT2D eigenvalue weighted by Crippen LogP contribution is 2.28. The third-order valence-electron chi connectivity index (χ3n) is 8.03. The summed E-state index contributed by atoms with van der Waals surface area (Å²) in [5.74, 6) is 1.23. The molecule has 5 rings (SSSR count). The van der Waals surface area contributed by atoms with Crippen LogP contribution in [0.1, 0.15) is 65.5 Å². The molecular weight excluding hydrogens is 494 g/mol. The van der Waals surface area contributed by atoms with Gasteiger partial charge in [-0.15, -0.1) is 0 Å². The SMILES string of the molecule is Cc1ncc([C@H](C)NC(=O)C2CCCN(CC(c3ccccc3)c3ccccc3)C2)n1Cc1ccc(C#N)cc1. The second-order valence-electron chi connectivity index (χ2n) is 10.8. The Hall–Kier alpha value is -4.21. The van der Waals surface area contributed by atoms with Gasteiger partial charge in [0.05, 0.1) is 35.5 Å². The minimum atomic E-state index is -0.163. The van der Waals surface area contributed by atoms with E-state index in [-0.39, 0.29) is 23.8 Å². The molecule has 1 N–H and O–H groups in total. The normalized spacial score (nSPS) is 16.4. The van der Waals surface area contributed by atoms with Gasteiger partial charge >= 0.3 is 0 Å². The molecule has 2 atom stereocenters. The van der Waals surface area contributed by atoms with Crippen molar-refractivity contribution in [1.29, 1.82) is 5.26 Å². The van der Waals surface area contributed by atoms with E-state index in [0.717, 1.165) is 49.6 Å². The molecule has 0 radical (unpaired) electrons. The molecule has 1 saturated heterocycles. The minimum Gasteiger partial charge on any atom is -0.348 e. The molecule has 1 fully saturated rings. The summed E-state index contributed by atoms with van der Waals surface area (Å²) in [4.78, 5) is 20.5. The van der Waals surface area contributed by atoms with Crippen LogP contribution < -0.4 is 5.32 Å². The van der Waals surface area contributed by atoms with Gasteiger partial charge in [0.1, 0.15) is 5.82 Å². The van der Waals surface area contributed by atoms with Gasteiger partial charge in [-0.3, -0.25) is 4.79 Å². The predicted molar refractivity (Wildman–Crippen MR) is 158 cm³/mol. The molecule has 1 amide bonds. The average Bonchev–Trinajstić information content (AvgIpc) is 3.37. The monoisotopic (exact) mass is 531 g/mol. The molecule has 0 spiro atoms. The van der Waals surface area contributed by atoms with Crippen molar-refractivity contribution in [2.24, 2.45) is 5.92 Å². The Labute approximate surface area is 237 Å². The van der Waals surface area contributed by atoms with Crippen molar-refractivity contribution in [2.45, 2.75) is 45.2 Å². The molecule has 6 heteroatoms. The number of nitrogens with zero attached hydrogens (tertiary/aromatic N) is 4. The number of aromatic nitrogens is 2. The number of nitriles is 1. The van der Waals surface area contributed by atoms with E-state index in [0.29, 0.717) is 12.1 Å². The number of carbonyl (C=O) groups is 1. The number of piperidine rings is 1. The Balaban J connectivity index is 1.24. The van der Waals surface area contributed by atoms with E-state index in [1.165, 1.54) is 11.1 Å². The zero-order chi connectivity index (χ0) is 27.9. The number of likely N-dealkylation sites (tertiary alicyclic amines) is 1. The molecule has 4 aromatic rings. The molecular formula is C34H37N5O. The van der Waals surface area contributed by atoms with Crippen LogP contribution in [0.2, 0.25) is 0 Å². The number of benzene rings is 3.